The van der Waals surface area contributed by atoms with Gasteiger partial charge in [0.05, 0.1) is 22.7 Å². The van der Waals surface area contributed by atoms with Gasteiger partial charge in [0.25, 0.3) is 0 Å². The lowest BCUT2D eigenvalue weighted by atomic mass is 9.96. The topological polar surface area (TPSA) is 45.7 Å². The van der Waals surface area contributed by atoms with E-state index in [1.54, 1.807) is 11.3 Å². The smallest absolute Gasteiger partial charge is 0.227 e. The number of hydrogen-bond donors (Lipinski definition) is 0. The number of fused-ring (bicyclic) bond motifs is 1. The van der Waals surface area contributed by atoms with Crippen LogP contribution in [0.3, 0.4) is 0 Å². The molecule has 0 aliphatic carbocycles. The number of piperidine rings is 1. The van der Waals surface area contributed by atoms with E-state index in [9.17, 15) is 4.79 Å². The molecule has 0 radical (unpaired) electrons. The molecule has 2 fully saturated rings. The molecule has 0 saturated carbocycles. The first-order chi connectivity index (χ1) is 13.0. The van der Waals surface area contributed by atoms with Gasteiger partial charge in [-0.1, -0.05) is 22.9 Å². The summed E-state index contributed by atoms with van der Waals surface area (Å²) >= 11 is 7.98. The van der Waals surface area contributed by atoms with Crippen molar-refractivity contribution in [2.45, 2.75) is 26.2 Å². The molecular formula is C20H26ClN3O2S. The minimum Gasteiger partial charge on any atom is -0.381 e. The zero-order valence-corrected chi connectivity index (χ0v) is 17.5. The molecule has 0 bridgehead atoms. The molecule has 1 aromatic heterocycles. The molecule has 1 unspecified atom stereocenters. The van der Waals surface area contributed by atoms with Crippen LogP contribution in [0.5, 0.6) is 0 Å². The van der Waals surface area contributed by atoms with Crippen LogP contribution in [0.2, 0.25) is 5.02 Å². The number of thiazole rings is 1. The summed E-state index contributed by atoms with van der Waals surface area (Å²) in [6.45, 7) is 6.16. The number of amides is 1. The van der Waals surface area contributed by atoms with Crippen molar-refractivity contribution in [3.05, 3.63) is 22.7 Å². The number of aryl methyl sites for hydroxylation is 1. The van der Waals surface area contributed by atoms with Crippen molar-refractivity contribution in [3.8, 4) is 0 Å². The van der Waals surface area contributed by atoms with Crippen molar-refractivity contribution in [2.75, 3.05) is 44.8 Å². The molecule has 2 aliphatic heterocycles. The van der Waals surface area contributed by atoms with Crippen molar-refractivity contribution in [1.29, 1.82) is 0 Å². The van der Waals surface area contributed by atoms with Crippen molar-refractivity contribution >= 4 is 44.2 Å². The maximum Gasteiger partial charge on any atom is 0.227 e. The molecule has 2 aromatic rings. The maximum atomic E-state index is 12.5. The Morgan fingerprint density at radius 3 is 2.85 bits per heavy atom. The fraction of sp³-hybridized carbons (Fsp3) is 0.600. The largest absolute Gasteiger partial charge is 0.381 e. The van der Waals surface area contributed by atoms with E-state index in [2.05, 4.69) is 11.0 Å². The summed E-state index contributed by atoms with van der Waals surface area (Å²) in [6, 6.07) is 4.02. The Bertz CT molecular complexity index is 826. The van der Waals surface area contributed by atoms with E-state index in [0.717, 1.165) is 66.7 Å². The first kappa shape index (κ1) is 19.0. The maximum absolute atomic E-state index is 12.5. The van der Waals surface area contributed by atoms with E-state index in [4.69, 9.17) is 21.3 Å². The van der Waals surface area contributed by atoms with Gasteiger partial charge in [-0.05, 0) is 49.8 Å². The van der Waals surface area contributed by atoms with Crippen LogP contribution in [-0.2, 0) is 9.53 Å². The first-order valence-corrected chi connectivity index (χ1v) is 10.9. The number of rotatable bonds is 4. The van der Waals surface area contributed by atoms with Crippen LogP contribution in [0.25, 0.3) is 10.2 Å². The number of carbonyl (C=O) groups is 1. The number of benzene rings is 1. The van der Waals surface area contributed by atoms with E-state index in [1.165, 1.54) is 4.70 Å². The first-order valence-electron chi connectivity index (χ1n) is 9.66. The molecule has 5 nitrogen and oxygen atoms in total. The van der Waals surface area contributed by atoms with E-state index in [1.807, 2.05) is 24.9 Å². The molecule has 2 saturated heterocycles. The predicted octanol–water partition coefficient (Wildman–Crippen LogP) is 3.97. The summed E-state index contributed by atoms with van der Waals surface area (Å²) in [4.78, 5) is 21.6. The number of halogens is 1. The monoisotopic (exact) mass is 407 g/mol. The SMILES string of the molecule is Cc1c(Cl)ccc2sc(N3CCC(CN(C)C(=O)C4CCOC4)CC3)nc12. The van der Waals surface area contributed by atoms with Crippen LogP contribution in [0.4, 0.5) is 5.13 Å². The minimum absolute atomic E-state index is 0.0629. The molecule has 7 heteroatoms. The van der Waals surface area contributed by atoms with Gasteiger partial charge in [0.1, 0.15) is 0 Å². The summed E-state index contributed by atoms with van der Waals surface area (Å²) in [6.07, 6.45) is 3.05. The highest BCUT2D eigenvalue weighted by atomic mass is 35.5. The molecule has 4 rings (SSSR count). The Kier molecular flexibility index (Phi) is 5.58. The molecule has 3 heterocycles. The van der Waals surface area contributed by atoms with Gasteiger partial charge in [-0.2, -0.15) is 0 Å². The summed E-state index contributed by atoms with van der Waals surface area (Å²) in [7, 11) is 1.94. The second-order valence-corrected chi connectivity index (χ2v) is 9.14. The van der Waals surface area contributed by atoms with Crippen molar-refractivity contribution in [3.63, 3.8) is 0 Å². The van der Waals surface area contributed by atoms with Crippen molar-refractivity contribution in [1.82, 2.24) is 9.88 Å². The molecule has 1 amide bonds. The Labute approximate surface area is 169 Å². The Hall–Kier alpha value is -1.37. The van der Waals surface area contributed by atoms with E-state index in [-0.39, 0.29) is 11.8 Å². The Balaban J connectivity index is 1.35. The minimum atomic E-state index is 0.0629. The summed E-state index contributed by atoms with van der Waals surface area (Å²) in [5.41, 5.74) is 2.08. The number of carbonyl (C=O) groups excluding carboxylic acids is 1. The normalized spacial score (nSPS) is 21.1. The highest BCUT2D eigenvalue weighted by molar-refractivity contribution is 7.22. The van der Waals surface area contributed by atoms with Gasteiger partial charge in [0.2, 0.25) is 5.91 Å². The lowest BCUT2D eigenvalue weighted by Gasteiger charge is -2.34. The Morgan fingerprint density at radius 2 is 2.15 bits per heavy atom. The highest BCUT2D eigenvalue weighted by Gasteiger charge is 2.29. The molecule has 1 aromatic carbocycles. The molecule has 27 heavy (non-hydrogen) atoms. The van der Waals surface area contributed by atoms with E-state index < -0.39 is 0 Å². The van der Waals surface area contributed by atoms with Crippen LogP contribution in [-0.4, -0.2) is 55.7 Å². The van der Waals surface area contributed by atoms with Gasteiger partial charge in [-0.3, -0.25) is 4.79 Å². The summed E-state index contributed by atoms with van der Waals surface area (Å²) in [5, 5.41) is 1.86. The van der Waals surface area contributed by atoms with Crippen molar-refractivity contribution < 1.29 is 9.53 Å². The quantitative estimate of drug-likeness (QED) is 0.769. The highest BCUT2D eigenvalue weighted by Crippen LogP contribution is 2.35. The third kappa shape index (κ3) is 3.93. The number of aromatic nitrogens is 1. The number of anilines is 1. The summed E-state index contributed by atoms with van der Waals surface area (Å²) < 4.78 is 6.55. The van der Waals surface area contributed by atoms with E-state index >= 15 is 0 Å². The molecule has 0 spiro atoms. The van der Waals surface area contributed by atoms with Crippen LogP contribution < -0.4 is 4.90 Å². The number of nitrogens with zero attached hydrogens (tertiary/aromatic N) is 3. The van der Waals surface area contributed by atoms with Gasteiger partial charge in [-0.25, -0.2) is 4.98 Å². The lowest BCUT2D eigenvalue weighted by molar-refractivity contribution is -0.134. The fourth-order valence-electron chi connectivity index (χ4n) is 4.05. The molecule has 2 aliphatic rings. The van der Waals surface area contributed by atoms with Gasteiger partial charge in [-0.15, -0.1) is 0 Å². The van der Waals surface area contributed by atoms with Gasteiger partial charge in [0, 0.05) is 38.3 Å². The zero-order valence-electron chi connectivity index (χ0n) is 15.9. The third-order valence-electron chi connectivity index (χ3n) is 5.81. The summed E-state index contributed by atoms with van der Waals surface area (Å²) in [5.74, 6) is 0.865. The van der Waals surface area contributed by atoms with Gasteiger partial charge < -0.3 is 14.5 Å². The molecule has 1 atom stereocenters. The molecular weight excluding hydrogens is 382 g/mol. The third-order valence-corrected chi connectivity index (χ3v) is 7.30. The fourth-order valence-corrected chi connectivity index (χ4v) is 5.28. The van der Waals surface area contributed by atoms with Crippen molar-refractivity contribution in [2.24, 2.45) is 11.8 Å². The molecule has 146 valence electrons. The van der Waals surface area contributed by atoms with Gasteiger partial charge >= 0.3 is 0 Å². The van der Waals surface area contributed by atoms with Crippen LogP contribution in [0.15, 0.2) is 12.1 Å². The molecule has 0 N–H and O–H groups in total. The second-order valence-electron chi connectivity index (χ2n) is 7.73. The lowest BCUT2D eigenvalue weighted by Crippen LogP contribution is -2.41. The number of hydrogen-bond acceptors (Lipinski definition) is 5. The zero-order chi connectivity index (χ0) is 19.0. The predicted molar refractivity (Wildman–Crippen MR) is 111 cm³/mol. The average molecular weight is 408 g/mol. The standard InChI is InChI=1S/C20H26ClN3O2S/c1-13-16(21)3-4-17-18(13)22-20(27-17)24-8-5-14(6-9-24)11-23(2)19(25)15-7-10-26-12-15/h3-4,14-15H,5-12H2,1-2H3. The van der Waals surface area contributed by atoms with Crippen LogP contribution >= 0.6 is 22.9 Å². The van der Waals surface area contributed by atoms with Crippen LogP contribution in [0, 0.1) is 18.8 Å². The Morgan fingerprint density at radius 1 is 1.37 bits per heavy atom. The average Bonchev–Trinajstić information content (AvgIpc) is 3.35. The van der Waals surface area contributed by atoms with Crippen LogP contribution in [0.1, 0.15) is 24.8 Å². The number of ether oxygens (including phenoxy) is 1. The van der Waals surface area contributed by atoms with E-state index in [0.29, 0.717) is 12.5 Å². The van der Waals surface area contributed by atoms with Gasteiger partial charge in [0.15, 0.2) is 5.13 Å². The second kappa shape index (κ2) is 7.94.